The molecule has 1 fully saturated rings. The molecule has 3 heteroatoms. The van der Waals surface area contributed by atoms with Crippen molar-refractivity contribution in [2.75, 3.05) is 6.54 Å². The summed E-state index contributed by atoms with van der Waals surface area (Å²) in [4.78, 5) is 12.0. The van der Waals surface area contributed by atoms with Crippen LogP contribution in [0.15, 0.2) is 0 Å². The third kappa shape index (κ3) is 5.43. The molecule has 1 atom stereocenters. The average molecular weight is 283 g/mol. The molecule has 1 aliphatic carbocycles. The van der Waals surface area contributed by atoms with Crippen LogP contribution in [0, 0.1) is 16.7 Å². The van der Waals surface area contributed by atoms with E-state index >= 15 is 0 Å². The Balaban J connectivity index is 2.38. The predicted molar refractivity (Wildman–Crippen MR) is 83.4 cm³/mol. The van der Waals surface area contributed by atoms with Crippen LogP contribution in [0.4, 0.5) is 0 Å². The minimum atomic E-state index is -0.698. The second-order valence-electron chi connectivity index (χ2n) is 8.64. The van der Waals surface area contributed by atoms with E-state index in [0.29, 0.717) is 24.3 Å². The zero-order chi connectivity index (χ0) is 15.6. The first-order chi connectivity index (χ1) is 8.94. The fourth-order valence-corrected chi connectivity index (χ4v) is 2.49. The predicted octanol–water partition coefficient (Wildman–Crippen LogP) is 3.51. The van der Waals surface area contributed by atoms with Crippen LogP contribution in [-0.4, -0.2) is 23.2 Å². The summed E-state index contributed by atoms with van der Waals surface area (Å²) in [5, 5.41) is 13.5. The quantitative estimate of drug-likeness (QED) is 0.829. The summed E-state index contributed by atoms with van der Waals surface area (Å²) in [6.07, 6.45) is 4.16. The van der Waals surface area contributed by atoms with Gasteiger partial charge in [-0.2, -0.15) is 0 Å². The third-order valence-corrected chi connectivity index (χ3v) is 5.12. The Labute approximate surface area is 124 Å². The van der Waals surface area contributed by atoms with Gasteiger partial charge < -0.3 is 10.4 Å². The largest absolute Gasteiger partial charge is 0.388 e. The van der Waals surface area contributed by atoms with Crippen molar-refractivity contribution in [1.82, 2.24) is 5.32 Å². The number of nitrogens with one attached hydrogen (secondary N) is 1. The minimum Gasteiger partial charge on any atom is -0.388 e. The molecule has 0 spiro atoms. The van der Waals surface area contributed by atoms with Gasteiger partial charge in [-0.1, -0.05) is 41.5 Å². The Hall–Kier alpha value is -0.570. The SMILES string of the molecule is CC(CC(=O)NCC1(O)CCC(C)(C)CC1)C(C)(C)C. The minimum absolute atomic E-state index is 0.0608. The molecular weight excluding hydrogens is 250 g/mol. The van der Waals surface area contributed by atoms with Crippen LogP contribution in [0.3, 0.4) is 0 Å². The number of hydrogen-bond acceptors (Lipinski definition) is 2. The number of rotatable bonds is 4. The molecule has 1 saturated carbocycles. The molecule has 2 N–H and O–H groups in total. The highest BCUT2D eigenvalue weighted by atomic mass is 16.3. The summed E-state index contributed by atoms with van der Waals surface area (Å²) in [6, 6.07) is 0. The molecule has 3 nitrogen and oxygen atoms in total. The molecule has 1 amide bonds. The summed E-state index contributed by atoms with van der Waals surface area (Å²) >= 11 is 0. The molecule has 0 heterocycles. The Morgan fingerprint density at radius 1 is 1.20 bits per heavy atom. The van der Waals surface area contributed by atoms with Gasteiger partial charge in [0, 0.05) is 13.0 Å². The van der Waals surface area contributed by atoms with E-state index in [1.165, 1.54) is 0 Å². The van der Waals surface area contributed by atoms with Crippen LogP contribution < -0.4 is 5.32 Å². The molecule has 1 aliphatic rings. The molecule has 1 unspecified atom stereocenters. The van der Waals surface area contributed by atoms with E-state index in [1.54, 1.807) is 0 Å². The van der Waals surface area contributed by atoms with Crippen molar-refractivity contribution in [3.8, 4) is 0 Å². The summed E-state index contributed by atoms with van der Waals surface area (Å²) < 4.78 is 0. The molecule has 0 aromatic heterocycles. The second-order valence-corrected chi connectivity index (χ2v) is 8.64. The Bertz CT molecular complexity index is 331. The van der Waals surface area contributed by atoms with E-state index in [2.05, 4.69) is 46.9 Å². The van der Waals surface area contributed by atoms with Gasteiger partial charge in [-0.05, 0) is 42.4 Å². The van der Waals surface area contributed by atoms with E-state index < -0.39 is 5.60 Å². The number of carbonyl (C=O) groups excluding carboxylic acids is 1. The van der Waals surface area contributed by atoms with Crippen LogP contribution in [0.1, 0.15) is 73.6 Å². The highest BCUT2D eigenvalue weighted by molar-refractivity contribution is 5.76. The maximum atomic E-state index is 12.0. The molecule has 118 valence electrons. The zero-order valence-corrected chi connectivity index (χ0v) is 14.2. The van der Waals surface area contributed by atoms with Gasteiger partial charge in [0.25, 0.3) is 0 Å². The van der Waals surface area contributed by atoms with Crippen LogP contribution in [0.5, 0.6) is 0 Å². The van der Waals surface area contributed by atoms with Crippen LogP contribution in [-0.2, 0) is 4.79 Å². The van der Waals surface area contributed by atoms with E-state index in [0.717, 1.165) is 25.7 Å². The first-order valence-electron chi connectivity index (χ1n) is 7.93. The summed E-state index contributed by atoms with van der Waals surface area (Å²) in [6.45, 7) is 13.5. The van der Waals surface area contributed by atoms with Crippen LogP contribution >= 0.6 is 0 Å². The third-order valence-electron chi connectivity index (χ3n) is 5.12. The van der Waals surface area contributed by atoms with Crippen molar-refractivity contribution < 1.29 is 9.90 Å². The fraction of sp³-hybridized carbons (Fsp3) is 0.941. The van der Waals surface area contributed by atoms with E-state index in [1.807, 2.05) is 0 Å². The Kier molecular flexibility index (Phi) is 5.29. The lowest BCUT2D eigenvalue weighted by Crippen LogP contribution is -2.47. The summed E-state index contributed by atoms with van der Waals surface area (Å²) in [5.74, 6) is 0.396. The standard InChI is InChI=1S/C17H33NO2/c1-13(15(2,3)4)11-14(19)18-12-17(20)9-7-16(5,6)8-10-17/h13,20H,7-12H2,1-6H3,(H,18,19). The smallest absolute Gasteiger partial charge is 0.220 e. The first-order valence-corrected chi connectivity index (χ1v) is 7.93. The monoisotopic (exact) mass is 283 g/mol. The van der Waals surface area contributed by atoms with E-state index in [-0.39, 0.29) is 11.3 Å². The Morgan fingerprint density at radius 2 is 1.70 bits per heavy atom. The molecule has 0 aromatic rings. The number of amides is 1. The van der Waals surface area contributed by atoms with Gasteiger partial charge in [-0.15, -0.1) is 0 Å². The second kappa shape index (κ2) is 6.05. The Morgan fingerprint density at radius 3 is 2.15 bits per heavy atom. The van der Waals surface area contributed by atoms with Crippen molar-refractivity contribution in [2.24, 2.45) is 16.7 Å². The van der Waals surface area contributed by atoms with Gasteiger partial charge in [0.05, 0.1) is 5.60 Å². The van der Waals surface area contributed by atoms with E-state index in [9.17, 15) is 9.90 Å². The highest BCUT2D eigenvalue weighted by Crippen LogP contribution is 2.39. The van der Waals surface area contributed by atoms with Crippen molar-refractivity contribution in [2.45, 2.75) is 79.2 Å². The van der Waals surface area contributed by atoms with Gasteiger partial charge in [0.15, 0.2) is 0 Å². The topological polar surface area (TPSA) is 49.3 Å². The van der Waals surface area contributed by atoms with E-state index in [4.69, 9.17) is 0 Å². The molecule has 0 bridgehead atoms. The molecule has 0 saturated heterocycles. The van der Waals surface area contributed by atoms with Gasteiger partial charge in [-0.25, -0.2) is 0 Å². The maximum Gasteiger partial charge on any atom is 0.220 e. The normalized spacial score (nSPS) is 23.1. The molecule has 1 rings (SSSR count). The average Bonchev–Trinajstić information content (AvgIpc) is 2.30. The lowest BCUT2D eigenvalue weighted by molar-refractivity contribution is -0.124. The number of aliphatic hydroxyl groups is 1. The van der Waals surface area contributed by atoms with Gasteiger partial charge >= 0.3 is 0 Å². The van der Waals surface area contributed by atoms with Gasteiger partial charge in [-0.3, -0.25) is 4.79 Å². The van der Waals surface area contributed by atoms with Crippen molar-refractivity contribution in [3.05, 3.63) is 0 Å². The molecule has 0 aromatic carbocycles. The summed E-state index contributed by atoms with van der Waals surface area (Å²) in [7, 11) is 0. The van der Waals surface area contributed by atoms with Crippen molar-refractivity contribution in [3.63, 3.8) is 0 Å². The molecular formula is C17H33NO2. The van der Waals surface area contributed by atoms with Crippen LogP contribution in [0.25, 0.3) is 0 Å². The molecule has 0 aliphatic heterocycles. The maximum absolute atomic E-state index is 12.0. The van der Waals surface area contributed by atoms with Crippen molar-refractivity contribution in [1.29, 1.82) is 0 Å². The van der Waals surface area contributed by atoms with Gasteiger partial charge in [0.1, 0.15) is 0 Å². The first kappa shape index (κ1) is 17.5. The van der Waals surface area contributed by atoms with Crippen LogP contribution in [0.2, 0.25) is 0 Å². The zero-order valence-electron chi connectivity index (χ0n) is 14.2. The van der Waals surface area contributed by atoms with Gasteiger partial charge in [0.2, 0.25) is 5.91 Å². The lowest BCUT2D eigenvalue weighted by Gasteiger charge is -2.40. The molecule has 0 radical (unpaired) electrons. The van der Waals surface area contributed by atoms with Crippen molar-refractivity contribution >= 4 is 5.91 Å². The molecule has 20 heavy (non-hydrogen) atoms. The summed E-state index contributed by atoms with van der Waals surface area (Å²) in [5.41, 5.74) is -0.226. The fourth-order valence-electron chi connectivity index (χ4n) is 2.49. The lowest BCUT2D eigenvalue weighted by atomic mass is 9.71. The number of carbonyl (C=O) groups is 1. The number of hydrogen-bond donors (Lipinski definition) is 2. The highest BCUT2D eigenvalue weighted by Gasteiger charge is 2.36.